The van der Waals surface area contributed by atoms with Gasteiger partial charge >= 0.3 is 0 Å². The molecular formula is C26H30F2N2O2. The summed E-state index contributed by atoms with van der Waals surface area (Å²) in [7, 11) is 0. The van der Waals surface area contributed by atoms with E-state index in [0.29, 0.717) is 11.0 Å². The highest BCUT2D eigenvalue weighted by atomic mass is 19.2. The maximum absolute atomic E-state index is 14.7. The van der Waals surface area contributed by atoms with Crippen LogP contribution >= 0.6 is 0 Å². The summed E-state index contributed by atoms with van der Waals surface area (Å²) in [6.07, 6.45) is 11.2. The topological polar surface area (TPSA) is 55.2 Å². The lowest BCUT2D eigenvalue weighted by molar-refractivity contribution is 0.0566. The van der Waals surface area contributed by atoms with Gasteiger partial charge in [-0.1, -0.05) is 38.0 Å². The number of rotatable bonds is 11. The largest absolute Gasteiger partial charge is 0.508 e. The zero-order valence-electron chi connectivity index (χ0n) is 18.7. The van der Waals surface area contributed by atoms with Gasteiger partial charge in [-0.2, -0.15) is 0 Å². The molecule has 1 unspecified atom stereocenters. The Morgan fingerprint density at radius 1 is 1.06 bits per heavy atom. The molecule has 6 heteroatoms. The fourth-order valence-electron chi connectivity index (χ4n) is 3.47. The summed E-state index contributed by atoms with van der Waals surface area (Å²) in [6, 6.07) is 7.60. The first kappa shape index (κ1) is 23.8. The molecule has 1 heterocycles. The molecule has 3 aromatic rings. The second-order valence-corrected chi connectivity index (χ2v) is 7.98. The minimum absolute atomic E-state index is 0.0520. The second-order valence-electron chi connectivity index (χ2n) is 7.98. The highest BCUT2D eigenvalue weighted by molar-refractivity contribution is 5.78. The number of hydrogen-bond acceptors (Lipinski definition) is 4. The predicted molar refractivity (Wildman–Crippen MR) is 124 cm³/mol. The fourth-order valence-corrected chi connectivity index (χ4v) is 3.47. The summed E-state index contributed by atoms with van der Waals surface area (Å²) >= 11 is 0. The van der Waals surface area contributed by atoms with Crippen molar-refractivity contribution < 1.29 is 18.6 Å². The number of allylic oxidation sites excluding steroid dienone is 1. The average Bonchev–Trinajstić information content (AvgIpc) is 2.79. The van der Waals surface area contributed by atoms with Crippen molar-refractivity contribution in [3.8, 4) is 17.0 Å². The third kappa shape index (κ3) is 6.33. The van der Waals surface area contributed by atoms with E-state index in [2.05, 4.69) is 23.8 Å². The number of phenols is 1. The molecule has 2 aromatic carbocycles. The van der Waals surface area contributed by atoms with Gasteiger partial charge in [0.1, 0.15) is 5.75 Å². The molecule has 1 aromatic heterocycles. The van der Waals surface area contributed by atoms with Crippen LogP contribution in [0.1, 0.15) is 57.9 Å². The fraction of sp³-hybridized carbons (Fsp3) is 0.385. The van der Waals surface area contributed by atoms with Crippen molar-refractivity contribution in [3.63, 3.8) is 0 Å². The molecule has 0 radical (unpaired) electrons. The van der Waals surface area contributed by atoms with Crippen LogP contribution in [0.5, 0.6) is 5.75 Å². The van der Waals surface area contributed by atoms with Gasteiger partial charge < -0.3 is 9.84 Å². The quantitative estimate of drug-likeness (QED) is 0.324. The van der Waals surface area contributed by atoms with Gasteiger partial charge in [-0.3, -0.25) is 4.98 Å². The van der Waals surface area contributed by atoms with Gasteiger partial charge in [0, 0.05) is 23.8 Å². The number of benzene rings is 2. The zero-order chi connectivity index (χ0) is 22.9. The smallest absolute Gasteiger partial charge is 0.168 e. The minimum Gasteiger partial charge on any atom is -0.508 e. The van der Waals surface area contributed by atoms with Crippen LogP contribution in [-0.4, -0.2) is 27.8 Å². The van der Waals surface area contributed by atoms with E-state index in [1.165, 1.54) is 37.2 Å². The number of ether oxygens (including phenoxy) is 1. The molecular weight excluding hydrogens is 410 g/mol. The van der Waals surface area contributed by atoms with Crippen LogP contribution in [0.25, 0.3) is 28.4 Å². The molecule has 0 aliphatic rings. The Labute approximate surface area is 188 Å². The second kappa shape index (κ2) is 11.7. The Kier molecular flexibility index (Phi) is 8.68. The van der Waals surface area contributed by atoms with Crippen molar-refractivity contribution in [1.29, 1.82) is 0 Å². The third-order valence-corrected chi connectivity index (χ3v) is 5.34. The Bertz CT molecular complexity index is 1070. The summed E-state index contributed by atoms with van der Waals surface area (Å²) in [5, 5.41) is 9.52. The van der Waals surface area contributed by atoms with E-state index >= 15 is 0 Å². The van der Waals surface area contributed by atoms with Gasteiger partial charge in [-0.05, 0) is 50.8 Å². The number of nitrogens with zero attached hydrogens (tertiary/aromatic N) is 2. The number of unbranched alkanes of at least 4 members (excludes halogenated alkanes) is 3. The molecule has 0 amide bonds. The van der Waals surface area contributed by atoms with Gasteiger partial charge in [0.25, 0.3) is 0 Å². The highest BCUT2D eigenvalue weighted by Gasteiger charge is 2.15. The van der Waals surface area contributed by atoms with E-state index in [-0.39, 0.29) is 28.7 Å². The standard InChI is InChI=1S/C26H30F2N2O2/c1-3-4-8-15-32-18(2)9-6-5-7-10-19-11-13-21(26(28)25(19)27)24-17-29-23-16-20(31)12-14-22(23)30-24/h7,10-14,16-18,31H,3-6,8-9,15H2,1-2H3. The minimum atomic E-state index is -0.950. The number of halogens is 2. The van der Waals surface area contributed by atoms with Gasteiger partial charge in [0.05, 0.1) is 29.0 Å². The zero-order valence-corrected chi connectivity index (χ0v) is 18.7. The van der Waals surface area contributed by atoms with Crippen LogP contribution in [0, 0.1) is 11.6 Å². The summed E-state index contributed by atoms with van der Waals surface area (Å²) in [6.45, 7) is 5.04. The first-order valence-corrected chi connectivity index (χ1v) is 11.2. The summed E-state index contributed by atoms with van der Waals surface area (Å²) < 4.78 is 35.1. The first-order valence-electron chi connectivity index (χ1n) is 11.2. The number of aromatic hydroxyl groups is 1. The van der Waals surface area contributed by atoms with E-state index in [1.54, 1.807) is 18.2 Å². The van der Waals surface area contributed by atoms with Crippen LogP contribution in [0.4, 0.5) is 8.78 Å². The van der Waals surface area contributed by atoms with Crippen LogP contribution < -0.4 is 0 Å². The Balaban J connectivity index is 1.59. The van der Waals surface area contributed by atoms with Crippen LogP contribution in [-0.2, 0) is 4.74 Å². The Morgan fingerprint density at radius 2 is 1.91 bits per heavy atom. The lowest BCUT2D eigenvalue weighted by atomic mass is 10.1. The Hall–Kier alpha value is -2.86. The molecule has 0 fully saturated rings. The molecule has 0 spiro atoms. The molecule has 0 bridgehead atoms. The maximum atomic E-state index is 14.7. The van der Waals surface area contributed by atoms with Gasteiger partial charge in [-0.15, -0.1) is 0 Å². The molecule has 0 saturated heterocycles. The lowest BCUT2D eigenvalue weighted by Gasteiger charge is -2.12. The average molecular weight is 441 g/mol. The van der Waals surface area contributed by atoms with E-state index in [9.17, 15) is 13.9 Å². The van der Waals surface area contributed by atoms with E-state index in [4.69, 9.17) is 4.74 Å². The van der Waals surface area contributed by atoms with Gasteiger partial charge in [-0.25, -0.2) is 13.8 Å². The van der Waals surface area contributed by atoms with Crippen molar-refractivity contribution in [2.75, 3.05) is 6.61 Å². The molecule has 1 atom stereocenters. The molecule has 0 aliphatic heterocycles. The molecule has 170 valence electrons. The monoisotopic (exact) mass is 440 g/mol. The maximum Gasteiger partial charge on any atom is 0.168 e. The lowest BCUT2D eigenvalue weighted by Crippen LogP contribution is -2.08. The predicted octanol–water partition coefficient (Wildman–Crippen LogP) is 7.06. The van der Waals surface area contributed by atoms with Gasteiger partial charge in [0.2, 0.25) is 0 Å². The number of phenolic OH excluding ortho intramolecular Hbond substituents is 1. The van der Waals surface area contributed by atoms with E-state index in [0.717, 1.165) is 32.3 Å². The van der Waals surface area contributed by atoms with Crippen molar-refractivity contribution in [3.05, 3.63) is 59.8 Å². The van der Waals surface area contributed by atoms with Crippen LogP contribution in [0.15, 0.2) is 42.6 Å². The summed E-state index contributed by atoms with van der Waals surface area (Å²) in [5.74, 6) is -1.78. The first-order chi connectivity index (χ1) is 15.5. The Morgan fingerprint density at radius 3 is 2.72 bits per heavy atom. The number of hydrogen-bond donors (Lipinski definition) is 1. The summed E-state index contributed by atoms with van der Waals surface area (Å²) in [4.78, 5) is 8.53. The van der Waals surface area contributed by atoms with Crippen molar-refractivity contribution in [2.45, 2.75) is 58.5 Å². The molecule has 3 rings (SSSR count). The number of fused-ring (bicyclic) bond motifs is 1. The molecule has 32 heavy (non-hydrogen) atoms. The number of aromatic nitrogens is 2. The van der Waals surface area contributed by atoms with Crippen LogP contribution in [0.2, 0.25) is 0 Å². The highest BCUT2D eigenvalue weighted by Crippen LogP contribution is 2.27. The third-order valence-electron chi connectivity index (χ3n) is 5.34. The normalized spacial score (nSPS) is 12.6. The molecule has 0 saturated carbocycles. The molecule has 0 aliphatic carbocycles. The van der Waals surface area contributed by atoms with E-state index in [1.807, 2.05) is 6.08 Å². The van der Waals surface area contributed by atoms with Crippen molar-refractivity contribution >= 4 is 17.1 Å². The van der Waals surface area contributed by atoms with Crippen LogP contribution in [0.3, 0.4) is 0 Å². The van der Waals surface area contributed by atoms with E-state index < -0.39 is 11.6 Å². The van der Waals surface area contributed by atoms with Crippen molar-refractivity contribution in [2.24, 2.45) is 0 Å². The summed E-state index contributed by atoms with van der Waals surface area (Å²) in [5.41, 5.74) is 1.47. The van der Waals surface area contributed by atoms with Crippen molar-refractivity contribution in [1.82, 2.24) is 9.97 Å². The van der Waals surface area contributed by atoms with Gasteiger partial charge in [0.15, 0.2) is 11.6 Å². The molecule has 4 nitrogen and oxygen atoms in total. The SMILES string of the molecule is CCCCCOC(C)CCCC=Cc1ccc(-c2cnc3cc(O)ccc3n2)c(F)c1F. The molecule has 1 N–H and O–H groups in total.